The summed E-state index contributed by atoms with van der Waals surface area (Å²) in [4.78, 5) is 21.6. The number of nitriles is 1. The highest BCUT2D eigenvalue weighted by Crippen LogP contribution is 2.25. The summed E-state index contributed by atoms with van der Waals surface area (Å²) in [6, 6.07) is 0. The predicted molar refractivity (Wildman–Crippen MR) is 59.9 cm³/mol. The molecule has 0 aliphatic heterocycles. The molecule has 10 heteroatoms. The molecule has 0 saturated carbocycles. The monoisotopic (exact) mass is 322 g/mol. The first-order chi connectivity index (χ1) is 7.18. The van der Waals surface area contributed by atoms with Crippen molar-refractivity contribution in [2.45, 2.75) is 24.3 Å². The highest BCUT2D eigenvalue weighted by atomic mass is 79.9. The van der Waals surface area contributed by atoms with Gasteiger partial charge < -0.3 is 30.6 Å². The van der Waals surface area contributed by atoms with Crippen LogP contribution in [0.4, 0.5) is 0 Å². The highest BCUT2D eigenvalue weighted by Gasteiger charge is 2.00. The van der Waals surface area contributed by atoms with Crippen LogP contribution >= 0.6 is 23.8 Å². The topological polar surface area (TPSA) is 168 Å². The zero-order valence-corrected chi connectivity index (χ0v) is 10.9. The number of phosphoric acid groups is 1. The van der Waals surface area contributed by atoms with Crippen LogP contribution in [0.25, 0.3) is 0 Å². The summed E-state index contributed by atoms with van der Waals surface area (Å²) in [5.41, 5.74) is 4.15. The highest BCUT2D eigenvalue weighted by molar-refractivity contribution is 9.09. The van der Waals surface area contributed by atoms with E-state index in [0.717, 1.165) is 19.3 Å². The third-order valence-corrected chi connectivity index (χ3v) is 1.31. The molecular formula is C6H16BrN2O6P. The molecule has 7 N–H and O–H groups in total. The molecule has 0 aromatic carbocycles. The maximum absolute atomic E-state index is 8.88. The summed E-state index contributed by atoms with van der Waals surface area (Å²) in [5.74, 6) is 0. The fourth-order valence-electron chi connectivity index (χ4n) is 0.425. The summed E-state index contributed by atoms with van der Waals surface area (Å²) >= 11 is 2.98. The van der Waals surface area contributed by atoms with E-state index in [2.05, 4.69) is 21.7 Å². The van der Waals surface area contributed by atoms with Gasteiger partial charge in [-0.1, -0.05) is 15.9 Å². The number of nitrogens with zero attached hydrogens (tertiary/aromatic N) is 1. The Hall–Kier alpha value is -0.200. The Kier molecular flexibility index (Phi) is 19.5. The SMILES string of the molecule is N#CN.O=P(O)(O)O.OCCCCC(O)Br. The van der Waals surface area contributed by atoms with Crippen LogP contribution in [0.1, 0.15) is 19.3 Å². The Morgan fingerprint density at radius 1 is 1.38 bits per heavy atom. The average Bonchev–Trinajstić information content (AvgIpc) is 2.02. The van der Waals surface area contributed by atoms with Crippen molar-refractivity contribution in [3.8, 4) is 6.19 Å². The second-order valence-corrected chi connectivity index (χ2v) is 4.38. The van der Waals surface area contributed by atoms with Gasteiger partial charge in [-0.2, -0.15) is 5.26 Å². The van der Waals surface area contributed by atoms with E-state index in [9.17, 15) is 0 Å². The Labute approximate surface area is 102 Å². The van der Waals surface area contributed by atoms with Gasteiger partial charge in [0.15, 0.2) is 6.19 Å². The van der Waals surface area contributed by atoms with Crippen LogP contribution in [0.3, 0.4) is 0 Å². The van der Waals surface area contributed by atoms with Crippen LogP contribution in [-0.2, 0) is 4.57 Å². The quantitative estimate of drug-likeness (QED) is 0.130. The number of hydrogen-bond acceptors (Lipinski definition) is 5. The molecule has 8 nitrogen and oxygen atoms in total. The summed E-state index contributed by atoms with van der Waals surface area (Å²) in [5, 5.41) is 23.6. The molecule has 98 valence electrons. The van der Waals surface area contributed by atoms with Crippen molar-refractivity contribution in [3.63, 3.8) is 0 Å². The summed E-state index contributed by atoms with van der Waals surface area (Å²) in [7, 11) is -4.64. The van der Waals surface area contributed by atoms with E-state index in [1.54, 1.807) is 0 Å². The number of hydrogen-bond donors (Lipinski definition) is 6. The van der Waals surface area contributed by atoms with Crippen molar-refractivity contribution in [1.29, 1.82) is 5.26 Å². The van der Waals surface area contributed by atoms with Crippen LogP contribution in [0.5, 0.6) is 0 Å². The lowest BCUT2D eigenvalue weighted by molar-refractivity contribution is 0.239. The second kappa shape index (κ2) is 14.8. The third-order valence-electron chi connectivity index (χ3n) is 0.850. The summed E-state index contributed by atoms with van der Waals surface area (Å²) < 4.78 is 8.88. The first kappa shape index (κ1) is 21.1. The number of unbranched alkanes of at least 4 members (excludes halogenated alkanes) is 1. The van der Waals surface area contributed by atoms with Gasteiger partial charge >= 0.3 is 7.82 Å². The molecule has 1 unspecified atom stereocenters. The van der Waals surface area contributed by atoms with Crippen LogP contribution < -0.4 is 5.73 Å². The molecule has 0 aliphatic rings. The molecule has 0 aliphatic carbocycles. The molecule has 1 atom stereocenters. The third kappa shape index (κ3) is 98.1. The largest absolute Gasteiger partial charge is 0.466 e. The second-order valence-electron chi connectivity index (χ2n) is 2.30. The lowest BCUT2D eigenvalue weighted by atomic mass is 10.2. The lowest BCUT2D eigenvalue weighted by Gasteiger charge is -1.98. The number of rotatable bonds is 4. The maximum Gasteiger partial charge on any atom is 0.466 e. The lowest BCUT2D eigenvalue weighted by Crippen LogP contribution is -1.94. The van der Waals surface area contributed by atoms with Crippen molar-refractivity contribution in [1.82, 2.24) is 0 Å². The van der Waals surface area contributed by atoms with E-state index in [4.69, 9.17) is 34.7 Å². The fraction of sp³-hybridized carbons (Fsp3) is 0.833. The van der Waals surface area contributed by atoms with Crippen molar-refractivity contribution in [3.05, 3.63) is 0 Å². The summed E-state index contributed by atoms with van der Waals surface area (Å²) in [6.45, 7) is 0.222. The Morgan fingerprint density at radius 2 is 1.69 bits per heavy atom. The Balaban J connectivity index is -0.000000181. The maximum atomic E-state index is 8.88. The minimum absolute atomic E-state index is 0.222. The van der Waals surface area contributed by atoms with Gasteiger partial charge in [-0.15, -0.1) is 0 Å². The minimum atomic E-state index is -4.64. The van der Waals surface area contributed by atoms with Gasteiger partial charge in [-0.25, -0.2) is 4.57 Å². The van der Waals surface area contributed by atoms with E-state index in [0.29, 0.717) is 0 Å². The van der Waals surface area contributed by atoms with Gasteiger partial charge in [0.05, 0.1) is 0 Å². The predicted octanol–water partition coefficient (Wildman–Crippen LogP) is -0.640. The Bertz CT molecular complexity index is 207. The minimum Gasteiger partial charge on any atom is -0.396 e. The standard InChI is InChI=1S/C5H11BrO2.CH2N2.H3O4P/c6-5(8)3-1-2-4-7;2-1-3;1-5(2,3)4/h5,7-8H,1-4H2;2H2;(H3,1,2,3,4). The van der Waals surface area contributed by atoms with Gasteiger partial charge in [-0.3, -0.25) is 0 Å². The molecular weight excluding hydrogens is 307 g/mol. The fourth-order valence-corrected chi connectivity index (χ4v) is 0.748. The van der Waals surface area contributed by atoms with E-state index < -0.39 is 12.8 Å². The molecule has 0 rings (SSSR count). The van der Waals surface area contributed by atoms with Gasteiger partial charge in [0, 0.05) is 6.61 Å². The zero-order chi connectivity index (χ0) is 13.6. The average molecular weight is 323 g/mol. The van der Waals surface area contributed by atoms with Gasteiger partial charge in [0.2, 0.25) is 0 Å². The Morgan fingerprint density at radius 3 is 1.88 bits per heavy atom. The number of alkyl halides is 1. The first-order valence-corrected chi connectivity index (χ1v) is 6.48. The van der Waals surface area contributed by atoms with Crippen LogP contribution in [0.15, 0.2) is 0 Å². The van der Waals surface area contributed by atoms with Crippen molar-refractivity contribution < 1.29 is 29.5 Å². The number of nitrogens with two attached hydrogens (primary N) is 1. The smallest absolute Gasteiger partial charge is 0.396 e. The molecule has 0 radical (unpaired) electrons. The van der Waals surface area contributed by atoms with Gasteiger partial charge in [0.1, 0.15) is 5.01 Å². The molecule has 0 fully saturated rings. The van der Waals surface area contributed by atoms with E-state index in [1.807, 2.05) is 0 Å². The molecule has 0 saturated heterocycles. The first-order valence-electron chi connectivity index (χ1n) is 4.00. The molecule has 0 spiro atoms. The molecule has 0 aromatic heterocycles. The number of aliphatic hydroxyl groups excluding tert-OH is 2. The zero-order valence-electron chi connectivity index (χ0n) is 8.40. The van der Waals surface area contributed by atoms with Crippen LogP contribution in [-0.4, -0.2) is 36.5 Å². The number of aliphatic hydroxyl groups is 2. The van der Waals surface area contributed by atoms with E-state index in [-0.39, 0.29) is 6.61 Å². The summed E-state index contributed by atoms with van der Waals surface area (Å²) in [6.07, 6.45) is 3.63. The molecule has 0 amide bonds. The molecule has 0 aromatic rings. The van der Waals surface area contributed by atoms with Gasteiger partial charge in [-0.05, 0) is 19.3 Å². The molecule has 0 bridgehead atoms. The van der Waals surface area contributed by atoms with Crippen LogP contribution in [0.2, 0.25) is 0 Å². The van der Waals surface area contributed by atoms with Crippen LogP contribution in [0, 0.1) is 11.5 Å². The van der Waals surface area contributed by atoms with Gasteiger partial charge in [0.25, 0.3) is 0 Å². The number of halogens is 1. The van der Waals surface area contributed by atoms with E-state index in [1.165, 1.54) is 6.19 Å². The molecule has 16 heavy (non-hydrogen) atoms. The van der Waals surface area contributed by atoms with E-state index >= 15 is 0 Å². The van der Waals surface area contributed by atoms with Crippen molar-refractivity contribution in [2.75, 3.05) is 6.61 Å². The van der Waals surface area contributed by atoms with Crippen molar-refractivity contribution in [2.24, 2.45) is 5.73 Å². The molecule has 0 heterocycles. The van der Waals surface area contributed by atoms with Crippen molar-refractivity contribution >= 4 is 23.8 Å². The normalized spacial score (nSPS) is 11.1.